The average molecular weight is 321 g/mol. The Labute approximate surface area is 133 Å². The van der Waals surface area contributed by atoms with Crippen LogP contribution in [0.25, 0.3) is 0 Å². The highest BCUT2D eigenvalue weighted by Gasteiger charge is 2.06. The molecule has 2 N–H and O–H groups in total. The standard InChI is InChI=1S/C15H17ClN4O2/c1-10-8-17-9-20(14(10)21)7-6-18-15(22)19-13-5-3-4-12(16)11(13)2/h3-5,8-9H,6-7H2,1-2H3,(H2,18,19,22). The minimum absolute atomic E-state index is 0.108. The Hall–Kier alpha value is -2.34. The summed E-state index contributed by atoms with van der Waals surface area (Å²) in [4.78, 5) is 27.6. The number of urea groups is 1. The fraction of sp³-hybridized carbons (Fsp3) is 0.267. The van der Waals surface area contributed by atoms with Crippen molar-refractivity contribution in [3.05, 3.63) is 57.2 Å². The molecule has 2 rings (SSSR count). The van der Waals surface area contributed by atoms with E-state index in [0.29, 0.717) is 29.4 Å². The maximum Gasteiger partial charge on any atom is 0.319 e. The van der Waals surface area contributed by atoms with Crippen molar-refractivity contribution in [1.29, 1.82) is 0 Å². The fourth-order valence-electron chi connectivity index (χ4n) is 1.92. The van der Waals surface area contributed by atoms with Gasteiger partial charge in [-0.15, -0.1) is 0 Å². The molecule has 0 bridgehead atoms. The lowest BCUT2D eigenvalue weighted by Gasteiger charge is -2.11. The Bertz CT molecular complexity index is 743. The molecule has 0 radical (unpaired) electrons. The van der Waals surface area contributed by atoms with E-state index in [0.717, 1.165) is 5.56 Å². The highest BCUT2D eigenvalue weighted by Crippen LogP contribution is 2.22. The normalized spacial score (nSPS) is 10.3. The van der Waals surface area contributed by atoms with E-state index in [2.05, 4.69) is 15.6 Å². The summed E-state index contributed by atoms with van der Waals surface area (Å²) < 4.78 is 1.46. The van der Waals surface area contributed by atoms with Crippen LogP contribution >= 0.6 is 11.6 Å². The summed E-state index contributed by atoms with van der Waals surface area (Å²) in [7, 11) is 0. The summed E-state index contributed by atoms with van der Waals surface area (Å²) in [5.74, 6) is 0. The molecule has 1 heterocycles. The number of aromatic nitrogens is 2. The van der Waals surface area contributed by atoms with Gasteiger partial charge < -0.3 is 10.6 Å². The number of anilines is 1. The summed E-state index contributed by atoms with van der Waals surface area (Å²) in [6.07, 6.45) is 2.97. The SMILES string of the molecule is Cc1c(Cl)cccc1NC(=O)NCCn1cncc(C)c1=O. The fourth-order valence-corrected chi connectivity index (χ4v) is 2.09. The molecule has 0 aliphatic heterocycles. The number of aryl methyl sites for hydroxylation is 1. The van der Waals surface area contributed by atoms with Crippen LogP contribution in [-0.2, 0) is 6.54 Å². The van der Waals surface area contributed by atoms with Crippen molar-refractivity contribution < 1.29 is 4.79 Å². The summed E-state index contributed by atoms with van der Waals surface area (Å²) in [5.41, 5.74) is 1.92. The van der Waals surface area contributed by atoms with Gasteiger partial charge in [0.1, 0.15) is 0 Å². The van der Waals surface area contributed by atoms with Crippen molar-refractivity contribution in [2.75, 3.05) is 11.9 Å². The van der Waals surface area contributed by atoms with Gasteiger partial charge in [-0.05, 0) is 31.5 Å². The molecule has 7 heteroatoms. The first-order valence-corrected chi connectivity index (χ1v) is 7.18. The van der Waals surface area contributed by atoms with Crippen LogP contribution in [-0.4, -0.2) is 22.1 Å². The second-order valence-corrected chi connectivity index (χ2v) is 5.28. The van der Waals surface area contributed by atoms with Gasteiger partial charge in [-0.25, -0.2) is 9.78 Å². The molecule has 0 saturated heterocycles. The molecule has 0 aliphatic carbocycles. The van der Waals surface area contributed by atoms with E-state index in [1.165, 1.54) is 17.1 Å². The molecular weight excluding hydrogens is 304 g/mol. The molecule has 2 aromatic rings. The van der Waals surface area contributed by atoms with E-state index in [9.17, 15) is 9.59 Å². The largest absolute Gasteiger partial charge is 0.336 e. The van der Waals surface area contributed by atoms with Crippen LogP contribution in [0.2, 0.25) is 5.02 Å². The molecule has 0 saturated carbocycles. The predicted octanol–water partition coefficient (Wildman–Crippen LogP) is 2.34. The number of rotatable bonds is 4. The van der Waals surface area contributed by atoms with Crippen LogP contribution < -0.4 is 16.2 Å². The number of nitrogens with one attached hydrogen (secondary N) is 2. The predicted molar refractivity (Wildman–Crippen MR) is 86.4 cm³/mol. The minimum Gasteiger partial charge on any atom is -0.336 e. The number of benzene rings is 1. The van der Waals surface area contributed by atoms with Crippen LogP contribution in [0.15, 0.2) is 35.5 Å². The van der Waals surface area contributed by atoms with Gasteiger partial charge in [0.15, 0.2) is 0 Å². The van der Waals surface area contributed by atoms with Crippen LogP contribution in [0.5, 0.6) is 0 Å². The third-order valence-corrected chi connectivity index (χ3v) is 3.64. The van der Waals surface area contributed by atoms with Crippen molar-refractivity contribution in [2.24, 2.45) is 0 Å². The Balaban J connectivity index is 1.89. The number of hydrogen-bond donors (Lipinski definition) is 2. The lowest BCUT2D eigenvalue weighted by Crippen LogP contribution is -2.34. The first-order chi connectivity index (χ1) is 10.5. The maximum atomic E-state index is 11.8. The van der Waals surface area contributed by atoms with E-state index in [1.54, 1.807) is 25.1 Å². The Morgan fingerprint density at radius 3 is 2.91 bits per heavy atom. The second-order valence-electron chi connectivity index (χ2n) is 4.87. The topological polar surface area (TPSA) is 76.0 Å². The van der Waals surface area contributed by atoms with Crippen molar-refractivity contribution in [3.8, 4) is 0 Å². The highest BCUT2D eigenvalue weighted by atomic mass is 35.5. The molecule has 0 aliphatic rings. The number of hydrogen-bond acceptors (Lipinski definition) is 3. The number of carbonyl (C=O) groups is 1. The lowest BCUT2D eigenvalue weighted by molar-refractivity contribution is 0.251. The zero-order chi connectivity index (χ0) is 16.1. The Morgan fingerprint density at radius 1 is 1.36 bits per heavy atom. The summed E-state index contributed by atoms with van der Waals surface area (Å²) in [5, 5.41) is 6.01. The number of halogens is 1. The van der Waals surface area contributed by atoms with Gasteiger partial charge in [-0.1, -0.05) is 17.7 Å². The molecule has 0 unspecified atom stereocenters. The molecule has 1 aromatic carbocycles. The first kappa shape index (κ1) is 16.0. The monoisotopic (exact) mass is 320 g/mol. The number of amides is 2. The molecule has 1 aromatic heterocycles. The Morgan fingerprint density at radius 2 is 2.14 bits per heavy atom. The minimum atomic E-state index is -0.348. The molecule has 2 amide bonds. The van der Waals surface area contributed by atoms with E-state index in [-0.39, 0.29) is 11.6 Å². The summed E-state index contributed by atoms with van der Waals surface area (Å²) in [6.45, 7) is 4.20. The highest BCUT2D eigenvalue weighted by molar-refractivity contribution is 6.31. The smallest absolute Gasteiger partial charge is 0.319 e. The van der Waals surface area contributed by atoms with Crippen molar-refractivity contribution in [3.63, 3.8) is 0 Å². The quantitative estimate of drug-likeness (QED) is 0.907. The third-order valence-electron chi connectivity index (χ3n) is 3.23. The molecular formula is C15H17ClN4O2. The molecule has 0 spiro atoms. The summed E-state index contributed by atoms with van der Waals surface area (Å²) in [6, 6.07) is 4.95. The average Bonchev–Trinajstić information content (AvgIpc) is 2.48. The first-order valence-electron chi connectivity index (χ1n) is 6.80. The van der Waals surface area contributed by atoms with Crippen molar-refractivity contribution in [1.82, 2.24) is 14.9 Å². The Kier molecular flexibility index (Phi) is 5.16. The molecule has 116 valence electrons. The van der Waals surface area contributed by atoms with E-state index < -0.39 is 0 Å². The maximum absolute atomic E-state index is 11.8. The van der Waals surface area contributed by atoms with E-state index >= 15 is 0 Å². The second kappa shape index (κ2) is 7.09. The zero-order valence-corrected chi connectivity index (χ0v) is 13.1. The lowest BCUT2D eigenvalue weighted by atomic mass is 10.2. The van der Waals surface area contributed by atoms with Gasteiger partial charge in [0.05, 0.1) is 6.33 Å². The van der Waals surface area contributed by atoms with Gasteiger partial charge in [0.2, 0.25) is 0 Å². The van der Waals surface area contributed by atoms with Crippen LogP contribution in [0.3, 0.4) is 0 Å². The van der Waals surface area contributed by atoms with Crippen molar-refractivity contribution >= 4 is 23.3 Å². The van der Waals surface area contributed by atoms with E-state index in [4.69, 9.17) is 11.6 Å². The van der Waals surface area contributed by atoms with Gasteiger partial charge in [0.25, 0.3) is 5.56 Å². The molecule has 0 fully saturated rings. The van der Waals surface area contributed by atoms with Crippen LogP contribution in [0.4, 0.5) is 10.5 Å². The van der Waals surface area contributed by atoms with Crippen LogP contribution in [0, 0.1) is 13.8 Å². The summed E-state index contributed by atoms with van der Waals surface area (Å²) >= 11 is 6.00. The van der Waals surface area contributed by atoms with Gasteiger partial charge in [-0.3, -0.25) is 9.36 Å². The van der Waals surface area contributed by atoms with Gasteiger partial charge in [0, 0.05) is 35.6 Å². The molecule has 0 atom stereocenters. The van der Waals surface area contributed by atoms with E-state index in [1.807, 2.05) is 6.92 Å². The molecule has 22 heavy (non-hydrogen) atoms. The number of carbonyl (C=O) groups excluding carboxylic acids is 1. The third kappa shape index (κ3) is 3.85. The zero-order valence-electron chi connectivity index (χ0n) is 12.4. The number of nitrogens with zero attached hydrogens (tertiary/aromatic N) is 2. The van der Waals surface area contributed by atoms with Crippen LogP contribution in [0.1, 0.15) is 11.1 Å². The van der Waals surface area contributed by atoms with Gasteiger partial charge >= 0.3 is 6.03 Å². The molecule has 6 nitrogen and oxygen atoms in total. The van der Waals surface area contributed by atoms with Gasteiger partial charge in [-0.2, -0.15) is 0 Å². The van der Waals surface area contributed by atoms with Crippen molar-refractivity contribution in [2.45, 2.75) is 20.4 Å².